The highest BCUT2D eigenvalue weighted by Crippen LogP contribution is 2.34. The number of sulfonamides is 1. The lowest BCUT2D eigenvalue weighted by atomic mass is 10.2. The number of halogens is 1. The predicted molar refractivity (Wildman–Crippen MR) is 113 cm³/mol. The third kappa shape index (κ3) is 4.18. The van der Waals surface area contributed by atoms with Crippen LogP contribution in [0.1, 0.15) is 11.1 Å². The maximum absolute atomic E-state index is 13.6. The molecule has 1 heterocycles. The van der Waals surface area contributed by atoms with Crippen LogP contribution >= 0.6 is 11.6 Å². The van der Waals surface area contributed by atoms with Crippen molar-refractivity contribution < 1.29 is 17.9 Å². The molecular weight excluding hydrogens is 410 g/mol. The van der Waals surface area contributed by atoms with Gasteiger partial charge in [-0.15, -0.1) is 0 Å². The first-order valence-electron chi connectivity index (χ1n) is 9.17. The highest BCUT2D eigenvalue weighted by atomic mass is 35.5. The van der Waals surface area contributed by atoms with Crippen LogP contribution in [0.5, 0.6) is 11.5 Å². The fraction of sp³-hybridized carbons (Fsp3) is 0.182. The molecular formula is C22H20ClNO4S. The zero-order valence-corrected chi connectivity index (χ0v) is 17.4. The lowest BCUT2D eigenvalue weighted by Crippen LogP contribution is -2.30. The molecule has 150 valence electrons. The number of rotatable bonds is 5. The van der Waals surface area contributed by atoms with E-state index in [0.29, 0.717) is 35.4 Å². The van der Waals surface area contributed by atoms with Crippen LogP contribution < -0.4 is 13.8 Å². The van der Waals surface area contributed by atoms with Crippen LogP contribution in [0.3, 0.4) is 0 Å². The number of ether oxygens (including phenoxy) is 2. The summed E-state index contributed by atoms with van der Waals surface area (Å²) < 4.78 is 39.6. The summed E-state index contributed by atoms with van der Waals surface area (Å²) in [5.41, 5.74) is 2.47. The number of hydrogen-bond donors (Lipinski definition) is 0. The molecule has 0 fully saturated rings. The Labute approximate surface area is 175 Å². The monoisotopic (exact) mass is 429 g/mol. The van der Waals surface area contributed by atoms with E-state index < -0.39 is 10.0 Å². The Kier molecular flexibility index (Phi) is 5.39. The maximum Gasteiger partial charge on any atom is 0.264 e. The molecule has 0 amide bonds. The van der Waals surface area contributed by atoms with E-state index in [9.17, 15) is 8.42 Å². The van der Waals surface area contributed by atoms with Crippen LogP contribution in [0.25, 0.3) is 0 Å². The molecule has 29 heavy (non-hydrogen) atoms. The van der Waals surface area contributed by atoms with Crippen molar-refractivity contribution in [1.29, 1.82) is 0 Å². The van der Waals surface area contributed by atoms with E-state index in [1.165, 1.54) is 10.4 Å². The topological polar surface area (TPSA) is 55.8 Å². The molecule has 0 aromatic heterocycles. The van der Waals surface area contributed by atoms with Gasteiger partial charge in [-0.2, -0.15) is 0 Å². The maximum atomic E-state index is 13.6. The minimum Gasteiger partial charge on any atom is -0.486 e. The molecule has 0 spiro atoms. The first kappa shape index (κ1) is 19.6. The third-order valence-electron chi connectivity index (χ3n) is 4.66. The number of nitrogens with zero attached hydrogens (tertiary/aromatic N) is 1. The van der Waals surface area contributed by atoms with Gasteiger partial charge in [-0.05, 0) is 48.9 Å². The summed E-state index contributed by atoms with van der Waals surface area (Å²) in [4.78, 5) is 0.149. The molecule has 3 aromatic carbocycles. The van der Waals surface area contributed by atoms with Crippen LogP contribution in [0, 0.1) is 6.92 Å². The normalized spacial score (nSPS) is 13.2. The van der Waals surface area contributed by atoms with Crippen LogP contribution in [-0.4, -0.2) is 21.6 Å². The van der Waals surface area contributed by atoms with Crippen molar-refractivity contribution in [3.05, 3.63) is 82.9 Å². The van der Waals surface area contributed by atoms with E-state index in [-0.39, 0.29) is 11.4 Å². The molecule has 0 saturated carbocycles. The molecule has 5 nitrogen and oxygen atoms in total. The van der Waals surface area contributed by atoms with Gasteiger partial charge in [0.15, 0.2) is 11.5 Å². The molecule has 3 aromatic rings. The first-order chi connectivity index (χ1) is 13.9. The van der Waals surface area contributed by atoms with Gasteiger partial charge in [0.2, 0.25) is 0 Å². The fourth-order valence-corrected chi connectivity index (χ4v) is 4.69. The van der Waals surface area contributed by atoms with Gasteiger partial charge in [0.25, 0.3) is 10.0 Å². The average Bonchev–Trinajstić information content (AvgIpc) is 2.73. The second-order valence-corrected chi connectivity index (χ2v) is 9.08. The Hall–Kier alpha value is -2.70. The second kappa shape index (κ2) is 7.97. The molecule has 1 aliphatic rings. The molecule has 4 rings (SSSR count). The SMILES string of the molecule is Cc1ccc(N(Cc2ccc(Cl)cc2)S(=O)(=O)c2ccc3c(c2)OCCO3)cc1. The van der Waals surface area contributed by atoms with Crippen molar-refractivity contribution in [2.75, 3.05) is 17.5 Å². The summed E-state index contributed by atoms with van der Waals surface area (Å²) >= 11 is 5.98. The van der Waals surface area contributed by atoms with Crippen molar-refractivity contribution >= 4 is 27.3 Å². The molecule has 7 heteroatoms. The van der Waals surface area contributed by atoms with Gasteiger partial charge < -0.3 is 9.47 Å². The highest BCUT2D eigenvalue weighted by molar-refractivity contribution is 7.92. The summed E-state index contributed by atoms with van der Waals surface area (Å²) in [7, 11) is -3.84. The number of anilines is 1. The number of aryl methyl sites for hydroxylation is 1. The van der Waals surface area contributed by atoms with E-state index in [2.05, 4.69) is 0 Å². The van der Waals surface area contributed by atoms with E-state index >= 15 is 0 Å². The van der Waals surface area contributed by atoms with Gasteiger partial charge in [0.05, 0.1) is 17.1 Å². The van der Waals surface area contributed by atoms with Gasteiger partial charge in [0.1, 0.15) is 13.2 Å². The average molecular weight is 430 g/mol. The number of fused-ring (bicyclic) bond motifs is 1. The summed E-state index contributed by atoms with van der Waals surface area (Å²) in [6.07, 6.45) is 0. The Balaban J connectivity index is 1.76. The zero-order chi connectivity index (χ0) is 20.4. The first-order valence-corrected chi connectivity index (χ1v) is 11.0. The lowest BCUT2D eigenvalue weighted by molar-refractivity contribution is 0.171. The highest BCUT2D eigenvalue weighted by Gasteiger charge is 2.27. The summed E-state index contributed by atoms with van der Waals surface area (Å²) in [6, 6.07) is 19.2. The van der Waals surface area contributed by atoms with Gasteiger partial charge in [-0.1, -0.05) is 41.4 Å². The quantitative estimate of drug-likeness (QED) is 0.583. The predicted octanol–water partition coefficient (Wildman–Crippen LogP) is 4.82. The summed E-state index contributed by atoms with van der Waals surface area (Å²) in [5.74, 6) is 0.988. The third-order valence-corrected chi connectivity index (χ3v) is 6.68. The standard InChI is InChI=1S/C22H20ClNO4S/c1-16-2-8-19(9-3-16)24(15-17-4-6-18(23)7-5-17)29(25,26)20-10-11-21-22(14-20)28-13-12-27-21/h2-11,14H,12-13,15H2,1H3. The molecule has 0 unspecified atom stereocenters. The Morgan fingerprint density at radius 2 is 1.55 bits per heavy atom. The lowest BCUT2D eigenvalue weighted by Gasteiger charge is -2.26. The largest absolute Gasteiger partial charge is 0.486 e. The molecule has 0 aliphatic carbocycles. The van der Waals surface area contributed by atoms with Gasteiger partial charge >= 0.3 is 0 Å². The number of benzene rings is 3. The molecule has 0 radical (unpaired) electrons. The zero-order valence-electron chi connectivity index (χ0n) is 15.8. The van der Waals surface area contributed by atoms with E-state index in [1.807, 2.05) is 31.2 Å². The van der Waals surface area contributed by atoms with Crippen molar-refractivity contribution in [3.8, 4) is 11.5 Å². The smallest absolute Gasteiger partial charge is 0.264 e. The molecule has 1 aliphatic heterocycles. The van der Waals surface area contributed by atoms with Crippen molar-refractivity contribution in [2.24, 2.45) is 0 Å². The van der Waals surface area contributed by atoms with Gasteiger partial charge in [-0.25, -0.2) is 8.42 Å². The van der Waals surface area contributed by atoms with E-state index in [4.69, 9.17) is 21.1 Å². The second-order valence-electron chi connectivity index (χ2n) is 6.78. The molecule has 0 atom stereocenters. The van der Waals surface area contributed by atoms with Crippen LogP contribution in [0.2, 0.25) is 5.02 Å². The van der Waals surface area contributed by atoms with Crippen LogP contribution in [0.4, 0.5) is 5.69 Å². The van der Waals surface area contributed by atoms with Crippen LogP contribution in [-0.2, 0) is 16.6 Å². The van der Waals surface area contributed by atoms with E-state index in [1.54, 1.807) is 36.4 Å². The van der Waals surface area contributed by atoms with Crippen molar-refractivity contribution in [2.45, 2.75) is 18.4 Å². The van der Waals surface area contributed by atoms with Gasteiger partial charge in [-0.3, -0.25) is 4.31 Å². The summed E-state index contributed by atoms with van der Waals surface area (Å²) in [6.45, 7) is 2.98. The Morgan fingerprint density at radius 3 is 2.24 bits per heavy atom. The number of hydrogen-bond acceptors (Lipinski definition) is 4. The van der Waals surface area contributed by atoms with Crippen LogP contribution in [0.15, 0.2) is 71.6 Å². The fourth-order valence-electron chi connectivity index (χ4n) is 3.09. The minimum absolute atomic E-state index is 0.149. The Bertz CT molecular complexity index is 1110. The molecule has 0 N–H and O–H groups in total. The van der Waals surface area contributed by atoms with Gasteiger partial charge in [0, 0.05) is 11.1 Å². The molecule has 0 bridgehead atoms. The minimum atomic E-state index is -3.84. The Morgan fingerprint density at radius 1 is 0.897 bits per heavy atom. The van der Waals surface area contributed by atoms with E-state index in [0.717, 1.165) is 11.1 Å². The van der Waals surface area contributed by atoms with Crippen molar-refractivity contribution in [3.63, 3.8) is 0 Å². The summed E-state index contributed by atoms with van der Waals surface area (Å²) in [5, 5.41) is 0.602. The van der Waals surface area contributed by atoms with Crippen molar-refractivity contribution in [1.82, 2.24) is 0 Å². The molecule has 0 saturated heterocycles.